The summed E-state index contributed by atoms with van der Waals surface area (Å²) in [6, 6.07) is 8.37. The Hall–Kier alpha value is -2.14. The Morgan fingerprint density at radius 3 is 2.67 bits per heavy atom. The highest BCUT2D eigenvalue weighted by Crippen LogP contribution is 2.32. The molecule has 1 amide bonds. The van der Waals surface area contributed by atoms with Crippen LogP contribution in [0.15, 0.2) is 36.8 Å². The van der Waals surface area contributed by atoms with E-state index in [1.165, 1.54) is 37.7 Å². The van der Waals surface area contributed by atoms with E-state index in [1.54, 1.807) is 12.5 Å². The second-order valence-corrected chi connectivity index (χ2v) is 6.51. The molecule has 3 rings (SSSR count). The van der Waals surface area contributed by atoms with Gasteiger partial charge < -0.3 is 15.6 Å². The Morgan fingerprint density at radius 2 is 1.96 bits per heavy atom. The average molecular weight is 326 g/mol. The Bertz CT molecular complexity index is 615. The summed E-state index contributed by atoms with van der Waals surface area (Å²) in [6.45, 7) is 1.06. The molecule has 1 aromatic heterocycles. The summed E-state index contributed by atoms with van der Waals surface area (Å²) in [4.78, 5) is 19.0. The zero-order valence-corrected chi connectivity index (χ0v) is 14.1. The first kappa shape index (κ1) is 16.7. The lowest BCUT2D eigenvalue weighted by atomic mass is 9.84. The van der Waals surface area contributed by atoms with E-state index in [4.69, 9.17) is 0 Å². The predicted molar refractivity (Wildman–Crippen MR) is 96.1 cm³/mol. The van der Waals surface area contributed by atoms with E-state index in [0.717, 1.165) is 24.3 Å². The highest BCUT2D eigenvalue weighted by atomic mass is 16.1. The smallest absolute Gasteiger partial charge is 0.238 e. The molecule has 1 saturated carbocycles. The molecule has 0 atom stereocenters. The van der Waals surface area contributed by atoms with Crippen LogP contribution < -0.4 is 10.6 Å². The maximum Gasteiger partial charge on any atom is 0.238 e. The number of benzene rings is 1. The topological polar surface area (TPSA) is 69.8 Å². The van der Waals surface area contributed by atoms with Gasteiger partial charge in [0.25, 0.3) is 0 Å². The van der Waals surface area contributed by atoms with Crippen LogP contribution in [0.3, 0.4) is 0 Å². The van der Waals surface area contributed by atoms with Crippen LogP contribution in [0.25, 0.3) is 0 Å². The van der Waals surface area contributed by atoms with Crippen LogP contribution in [0, 0.1) is 0 Å². The summed E-state index contributed by atoms with van der Waals surface area (Å²) in [6.07, 6.45) is 11.0. The number of carbonyl (C=O) groups excluding carboxylic acids is 1. The molecule has 0 radical (unpaired) electrons. The summed E-state index contributed by atoms with van der Waals surface area (Å²) < 4.78 is 0. The maximum absolute atomic E-state index is 12.0. The van der Waals surface area contributed by atoms with Gasteiger partial charge in [0.1, 0.15) is 0 Å². The second kappa shape index (κ2) is 8.64. The van der Waals surface area contributed by atoms with Crippen molar-refractivity contribution in [1.82, 2.24) is 15.3 Å². The van der Waals surface area contributed by atoms with Crippen LogP contribution in [-0.4, -0.2) is 29.0 Å². The van der Waals surface area contributed by atoms with Crippen molar-refractivity contribution in [3.63, 3.8) is 0 Å². The SMILES string of the molecule is O=C(CNCCc1cnc[nH]1)Nc1ccc(C2CCCCC2)cc1. The molecule has 0 spiro atoms. The van der Waals surface area contributed by atoms with Gasteiger partial charge in [-0.1, -0.05) is 31.4 Å². The number of nitrogens with one attached hydrogen (secondary N) is 3. The number of amides is 1. The molecule has 0 aliphatic heterocycles. The van der Waals surface area contributed by atoms with E-state index in [-0.39, 0.29) is 5.91 Å². The van der Waals surface area contributed by atoms with E-state index in [2.05, 4.69) is 32.7 Å². The van der Waals surface area contributed by atoms with Crippen molar-refractivity contribution in [2.24, 2.45) is 0 Å². The Morgan fingerprint density at radius 1 is 1.17 bits per heavy atom. The first-order chi connectivity index (χ1) is 11.8. The number of hydrogen-bond acceptors (Lipinski definition) is 3. The number of hydrogen-bond donors (Lipinski definition) is 3. The summed E-state index contributed by atoms with van der Waals surface area (Å²) >= 11 is 0. The van der Waals surface area contributed by atoms with E-state index in [0.29, 0.717) is 12.5 Å². The molecule has 1 fully saturated rings. The van der Waals surface area contributed by atoms with Gasteiger partial charge >= 0.3 is 0 Å². The van der Waals surface area contributed by atoms with E-state index in [1.807, 2.05) is 12.1 Å². The number of imidazole rings is 1. The molecule has 3 N–H and O–H groups in total. The first-order valence-corrected chi connectivity index (χ1v) is 8.89. The summed E-state index contributed by atoms with van der Waals surface area (Å²) in [5.41, 5.74) is 3.35. The van der Waals surface area contributed by atoms with Crippen LogP contribution in [0.5, 0.6) is 0 Å². The molecule has 0 unspecified atom stereocenters. The molecule has 1 aliphatic carbocycles. The zero-order chi connectivity index (χ0) is 16.6. The van der Waals surface area contributed by atoms with Crippen molar-refractivity contribution in [3.05, 3.63) is 48.0 Å². The Labute approximate surface area is 143 Å². The van der Waals surface area contributed by atoms with Gasteiger partial charge in [0.05, 0.1) is 12.9 Å². The third-order valence-corrected chi connectivity index (χ3v) is 4.68. The Kier molecular flexibility index (Phi) is 6.01. The number of H-pyrrole nitrogens is 1. The molecule has 5 heteroatoms. The fraction of sp³-hybridized carbons (Fsp3) is 0.474. The van der Waals surface area contributed by atoms with Gasteiger partial charge in [0.15, 0.2) is 0 Å². The highest BCUT2D eigenvalue weighted by molar-refractivity contribution is 5.92. The molecular formula is C19H26N4O. The highest BCUT2D eigenvalue weighted by Gasteiger charge is 2.15. The van der Waals surface area contributed by atoms with Crippen LogP contribution in [0.1, 0.15) is 49.3 Å². The van der Waals surface area contributed by atoms with Gasteiger partial charge in [-0.3, -0.25) is 4.79 Å². The molecule has 1 aromatic carbocycles. The van der Waals surface area contributed by atoms with Crippen molar-refractivity contribution in [2.45, 2.75) is 44.4 Å². The normalized spacial score (nSPS) is 15.3. The average Bonchev–Trinajstić information content (AvgIpc) is 3.14. The molecule has 128 valence electrons. The largest absolute Gasteiger partial charge is 0.348 e. The zero-order valence-electron chi connectivity index (χ0n) is 14.1. The molecule has 24 heavy (non-hydrogen) atoms. The lowest BCUT2D eigenvalue weighted by Crippen LogP contribution is -2.29. The monoisotopic (exact) mass is 326 g/mol. The quantitative estimate of drug-likeness (QED) is 0.684. The van der Waals surface area contributed by atoms with Crippen molar-refractivity contribution in [1.29, 1.82) is 0 Å². The lowest BCUT2D eigenvalue weighted by molar-refractivity contribution is -0.115. The maximum atomic E-state index is 12.0. The van der Waals surface area contributed by atoms with Gasteiger partial charge in [-0.2, -0.15) is 0 Å². The van der Waals surface area contributed by atoms with Crippen LogP contribution in [0.4, 0.5) is 5.69 Å². The number of aromatic amines is 1. The molecule has 0 saturated heterocycles. The van der Waals surface area contributed by atoms with Crippen molar-refractivity contribution in [2.75, 3.05) is 18.4 Å². The van der Waals surface area contributed by atoms with Gasteiger partial charge in [-0.05, 0) is 36.5 Å². The van der Waals surface area contributed by atoms with E-state index < -0.39 is 0 Å². The first-order valence-electron chi connectivity index (χ1n) is 8.89. The third kappa shape index (κ3) is 4.93. The summed E-state index contributed by atoms with van der Waals surface area (Å²) in [7, 11) is 0. The minimum Gasteiger partial charge on any atom is -0.348 e. The molecule has 5 nitrogen and oxygen atoms in total. The molecular weight excluding hydrogens is 300 g/mol. The minimum atomic E-state index is -0.00923. The van der Waals surface area contributed by atoms with Gasteiger partial charge in [-0.25, -0.2) is 4.98 Å². The van der Waals surface area contributed by atoms with Gasteiger partial charge in [-0.15, -0.1) is 0 Å². The van der Waals surface area contributed by atoms with Gasteiger partial charge in [0, 0.05) is 30.5 Å². The standard InChI is InChI=1S/C19H26N4O/c24-19(13-20-11-10-18-12-21-14-22-18)23-17-8-6-16(7-9-17)15-4-2-1-3-5-15/h6-9,12,14-15,20H,1-5,10-11,13H2,(H,21,22)(H,23,24). The number of rotatable bonds is 7. The summed E-state index contributed by atoms with van der Waals surface area (Å²) in [5.74, 6) is 0.692. The number of carbonyl (C=O) groups is 1. The van der Waals surface area contributed by atoms with Crippen molar-refractivity contribution < 1.29 is 4.79 Å². The van der Waals surface area contributed by atoms with Crippen LogP contribution >= 0.6 is 0 Å². The molecule has 1 aliphatic rings. The third-order valence-electron chi connectivity index (χ3n) is 4.68. The number of anilines is 1. The lowest BCUT2D eigenvalue weighted by Gasteiger charge is -2.22. The fourth-order valence-electron chi connectivity index (χ4n) is 3.33. The van der Waals surface area contributed by atoms with Crippen molar-refractivity contribution >= 4 is 11.6 Å². The minimum absolute atomic E-state index is 0.00923. The fourth-order valence-corrected chi connectivity index (χ4v) is 3.33. The second-order valence-electron chi connectivity index (χ2n) is 6.51. The Balaban J connectivity index is 1.39. The van der Waals surface area contributed by atoms with E-state index >= 15 is 0 Å². The molecule has 1 heterocycles. The van der Waals surface area contributed by atoms with Crippen molar-refractivity contribution in [3.8, 4) is 0 Å². The number of aromatic nitrogens is 2. The predicted octanol–water partition coefficient (Wildman–Crippen LogP) is 3.23. The molecule has 0 bridgehead atoms. The van der Waals surface area contributed by atoms with Gasteiger partial charge in [0.2, 0.25) is 5.91 Å². The number of nitrogens with zero attached hydrogens (tertiary/aromatic N) is 1. The molecule has 2 aromatic rings. The summed E-state index contributed by atoms with van der Waals surface area (Å²) in [5, 5.41) is 6.09. The van der Waals surface area contributed by atoms with E-state index in [9.17, 15) is 4.79 Å². The van der Waals surface area contributed by atoms with Crippen LogP contribution in [0.2, 0.25) is 0 Å². The van der Waals surface area contributed by atoms with Crippen LogP contribution in [-0.2, 0) is 11.2 Å².